The molecule has 0 aromatic heterocycles. The minimum absolute atomic E-state index is 0.143. The summed E-state index contributed by atoms with van der Waals surface area (Å²) in [5.74, 6) is 0.132. The number of carbonyl (C=O) groups excluding carboxylic acids is 1. The van der Waals surface area contributed by atoms with E-state index in [2.05, 4.69) is 5.32 Å². The second-order valence-corrected chi connectivity index (χ2v) is 5.01. The zero-order valence-electron chi connectivity index (χ0n) is 10.7. The fourth-order valence-corrected chi connectivity index (χ4v) is 1.98. The fraction of sp³-hybridized carbons (Fsp3) is 0.462. The third kappa shape index (κ3) is 6.66. The van der Waals surface area contributed by atoms with Gasteiger partial charge in [-0.15, -0.1) is 0 Å². The summed E-state index contributed by atoms with van der Waals surface area (Å²) in [6, 6.07) is 4.73. The molecule has 1 unspecified atom stereocenters. The molecule has 1 rings (SSSR count). The number of hydrogen-bond acceptors (Lipinski definition) is 3. The quantitative estimate of drug-likeness (QED) is 0.814. The molecule has 2 N–H and O–H groups in total. The molecule has 0 spiro atoms. The van der Waals surface area contributed by atoms with Crippen LogP contribution in [0, 0.1) is 0 Å². The van der Waals surface area contributed by atoms with Gasteiger partial charge in [-0.3, -0.25) is 4.79 Å². The molecule has 19 heavy (non-hydrogen) atoms. The van der Waals surface area contributed by atoms with Crippen molar-refractivity contribution in [3.63, 3.8) is 0 Å². The third-order valence-electron chi connectivity index (χ3n) is 2.36. The summed E-state index contributed by atoms with van der Waals surface area (Å²) in [5, 5.41) is 12.9. The molecule has 1 aromatic carbocycles. The second kappa shape index (κ2) is 8.25. The first-order valence-corrected chi connectivity index (χ1v) is 6.80. The Morgan fingerprint density at radius 3 is 2.58 bits per heavy atom. The van der Waals surface area contributed by atoms with Crippen molar-refractivity contribution in [2.24, 2.45) is 0 Å². The molecule has 0 saturated heterocycles. The molecule has 0 radical (unpaired) electrons. The minimum atomic E-state index is -0.519. The van der Waals surface area contributed by atoms with E-state index in [4.69, 9.17) is 27.9 Å². The molecule has 4 nitrogen and oxygen atoms in total. The Hall–Kier alpha value is -0.970. The molecule has 6 heteroatoms. The molecule has 0 aliphatic rings. The van der Waals surface area contributed by atoms with Crippen molar-refractivity contribution in [3.8, 4) is 5.75 Å². The Morgan fingerprint density at radius 1 is 1.37 bits per heavy atom. The molecule has 0 aliphatic heterocycles. The van der Waals surface area contributed by atoms with Gasteiger partial charge in [0, 0.05) is 16.6 Å². The molecule has 0 heterocycles. The first-order valence-electron chi connectivity index (χ1n) is 6.05. The number of aliphatic hydroxyl groups is 1. The molecule has 0 saturated carbocycles. The van der Waals surface area contributed by atoms with E-state index in [0.717, 1.165) is 6.42 Å². The standard InChI is InChI=1S/C13H17Cl2NO3/c1-2-3-11(17)7-16-13(18)8-19-12-5-9(14)4-10(15)6-12/h4-6,11,17H,2-3,7-8H2,1H3,(H,16,18). The smallest absolute Gasteiger partial charge is 0.258 e. The number of ether oxygens (including phenoxy) is 1. The van der Waals surface area contributed by atoms with Gasteiger partial charge < -0.3 is 15.2 Å². The number of rotatable bonds is 7. The fourth-order valence-electron chi connectivity index (χ4n) is 1.48. The highest BCUT2D eigenvalue weighted by Gasteiger charge is 2.07. The van der Waals surface area contributed by atoms with E-state index in [1.807, 2.05) is 6.92 Å². The van der Waals surface area contributed by atoms with E-state index >= 15 is 0 Å². The molecular weight excluding hydrogens is 289 g/mol. The highest BCUT2D eigenvalue weighted by atomic mass is 35.5. The Kier molecular flexibility index (Phi) is 6.99. The molecule has 1 atom stereocenters. The molecule has 106 valence electrons. The molecule has 1 aromatic rings. The van der Waals surface area contributed by atoms with Gasteiger partial charge in [-0.05, 0) is 24.6 Å². The average Bonchev–Trinajstić information content (AvgIpc) is 2.33. The van der Waals surface area contributed by atoms with Crippen LogP contribution in [-0.2, 0) is 4.79 Å². The lowest BCUT2D eigenvalue weighted by molar-refractivity contribution is -0.123. The lowest BCUT2D eigenvalue weighted by Gasteiger charge is -2.11. The zero-order valence-corrected chi connectivity index (χ0v) is 12.2. The second-order valence-electron chi connectivity index (χ2n) is 4.14. The number of hydrogen-bond donors (Lipinski definition) is 2. The monoisotopic (exact) mass is 305 g/mol. The lowest BCUT2D eigenvalue weighted by atomic mass is 10.2. The van der Waals surface area contributed by atoms with Crippen molar-refractivity contribution in [1.29, 1.82) is 0 Å². The van der Waals surface area contributed by atoms with Gasteiger partial charge in [-0.25, -0.2) is 0 Å². The number of aliphatic hydroxyl groups excluding tert-OH is 1. The van der Waals surface area contributed by atoms with Crippen LogP contribution >= 0.6 is 23.2 Å². The van der Waals surface area contributed by atoms with Gasteiger partial charge in [-0.2, -0.15) is 0 Å². The summed E-state index contributed by atoms with van der Waals surface area (Å²) >= 11 is 11.6. The maximum absolute atomic E-state index is 11.5. The van der Waals surface area contributed by atoms with Gasteiger partial charge in [-0.1, -0.05) is 36.5 Å². The van der Waals surface area contributed by atoms with Crippen LogP contribution in [0.25, 0.3) is 0 Å². The van der Waals surface area contributed by atoms with Crippen LogP contribution < -0.4 is 10.1 Å². The van der Waals surface area contributed by atoms with Crippen molar-refractivity contribution >= 4 is 29.1 Å². The van der Waals surface area contributed by atoms with E-state index < -0.39 is 6.10 Å². The maximum Gasteiger partial charge on any atom is 0.258 e. The van der Waals surface area contributed by atoms with Gasteiger partial charge in [0.2, 0.25) is 0 Å². The highest BCUT2D eigenvalue weighted by Crippen LogP contribution is 2.23. The van der Waals surface area contributed by atoms with Crippen LogP contribution in [0.3, 0.4) is 0 Å². The van der Waals surface area contributed by atoms with E-state index in [9.17, 15) is 9.90 Å². The predicted octanol–water partition coefficient (Wildman–Crippen LogP) is 2.65. The summed E-state index contributed by atoms with van der Waals surface area (Å²) in [5.41, 5.74) is 0. The Labute approximate surface area is 122 Å². The van der Waals surface area contributed by atoms with Crippen molar-refractivity contribution in [2.45, 2.75) is 25.9 Å². The Bertz CT molecular complexity index is 406. The summed E-state index contributed by atoms with van der Waals surface area (Å²) in [6.07, 6.45) is 1.01. The van der Waals surface area contributed by atoms with Gasteiger partial charge in [0.25, 0.3) is 5.91 Å². The van der Waals surface area contributed by atoms with Gasteiger partial charge >= 0.3 is 0 Å². The van der Waals surface area contributed by atoms with E-state index in [0.29, 0.717) is 22.2 Å². The van der Waals surface area contributed by atoms with Crippen molar-refractivity contribution in [1.82, 2.24) is 5.32 Å². The minimum Gasteiger partial charge on any atom is -0.484 e. The number of carbonyl (C=O) groups is 1. The predicted molar refractivity (Wildman–Crippen MR) is 75.9 cm³/mol. The van der Waals surface area contributed by atoms with E-state index in [1.54, 1.807) is 18.2 Å². The normalized spacial score (nSPS) is 12.0. The van der Waals surface area contributed by atoms with Crippen LogP contribution in [0.1, 0.15) is 19.8 Å². The number of benzene rings is 1. The molecule has 1 amide bonds. The van der Waals surface area contributed by atoms with E-state index in [1.165, 1.54) is 0 Å². The van der Waals surface area contributed by atoms with Crippen LogP contribution in [0.15, 0.2) is 18.2 Å². The molecule has 0 aliphatic carbocycles. The van der Waals surface area contributed by atoms with Crippen LogP contribution in [-0.4, -0.2) is 30.3 Å². The van der Waals surface area contributed by atoms with E-state index in [-0.39, 0.29) is 19.1 Å². The van der Waals surface area contributed by atoms with Crippen molar-refractivity contribution in [3.05, 3.63) is 28.2 Å². The van der Waals surface area contributed by atoms with Crippen molar-refractivity contribution < 1.29 is 14.6 Å². The summed E-state index contributed by atoms with van der Waals surface area (Å²) in [7, 11) is 0. The Balaban J connectivity index is 2.33. The van der Waals surface area contributed by atoms with Crippen LogP contribution in [0.2, 0.25) is 10.0 Å². The topological polar surface area (TPSA) is 58.6 Å². The van der Waals surface area contributed by atoms with Gasteiger partial charge in [0.15, 0.2) is 6.61 Å². The highest BCUT2D eigenvalue weighted by molar-refractivity contribution is 6.34. The first kappa shape index (κ1) is 16.1. The van der Waals surface area contributed by atoms with Crippen LogP contribution in [0.5, 0.6) is 5.75 Å². The molecule has 0 bridgehead atoms. The first-order chi connectivity index (χ1) is 9.01. The maximum atomic E-state index is 11.5. The lowest BCUT2D eigenvalue weighted by Crippen LogP contribution is -2.35. The van der Waals surface area contributed by atoms with Gasteiger partial charge in [0.1, 0.15) is 5.75 Å². The molecule has 0 fully saturated rings. The van der Waals surface area contributed by atoms with Crippen molar-refractivity contribution in [2.75, 3.05) is 13.2 Å². The average molecular weight is 306 g/mol. The number of nitrogens with one attached hydrogen (secondary N) is 1. The summed E-state index contributed by atoms with van der Waals surface area (Å²) in [4.78, 5) is 11.5. The third-order valence-corrected chi connectivity index (χ3v) is 2.80. The summed E-state index contributed by atoms with van der Waals surface area (Å²) < 4.78 is 5.26. The van der Waals surface area contributed by atoms with Crippen LogP contribution in [0.4, 0.5) is 0 Å². The SMILES string of the molecule is CCCC(O)CNC(=O)COc1cc(Cl)cc(Cl)c1. The van der Waals surface area contributed by atoms with Gasteiger partial charge in [0.05, 0.1) is 6.10 Å². The largest absolute Gasteiger partial charge is 0.484 e. The number of halogens is 2. The number of amides is 1. The zero-order chi connectivity index (χ0) is 14.3. The Morgan fingerprint density at radius 2 is 2.00 bits per heavy atom. The molecular formula is C13H17Cl2NO3. The summed E-state index contributed by atoms with van der Waals surface area (Å²) in [6.45, 7) is 2.05.